The van der Waals surface area contributed by atoms with Gasteiger partial charge in [-0.2, -0.15) is 0 Å². The molecule has 0 aromatic carbocycles. The molecule has 0 saturated carbocycles. The molecule has 0 unspecified atom stereocenters. The van der Waals surface area contributed by atoms with E-state index in [1.165, 1.54) is 16.2 Å². The lowest BCUT2D eigenvalue weighted by molar-refractivity contribution is -0.155. The highest BCUT2D eigenvalue weighted by Crippen LogP contribution is 2.32. The molecule has 0 radical (unpaired) electrons. The summed E-state index contributed by atoms with van der Waals surface area (Å²) >= 11 is 1.17. The summed E-state index contributed by atoms with van der Waals surface area (Å²) in [4.78, 5) is 48.8. The molecule has 0 fully saturated rings. The minimum Gasteiger partial charge on any atom is -0.460 e. The van der Waals surface area contributed by atoms with Crippen molar-refractivity contribution >= 4 is 35.4 Å². The van der Waals surface area contributed by atoms with Crippen LogP contribution in [0.3, 0.4) is 0 Å². The predicted octanol–water partition coefficient (Wildman–Crippen LogP) is 1.49. The lowest BCUT2D eigenvalue weighted by atomic mass is 10.1. The Morgan fingerprint density at radius 1 is 1.46 bits per heavy atom. The first-order chi connectivity index (χ1) is 11.1. The summed E-state index contributed by atoms with van der Waals surface area (Å²) in [6, 6.07) is -0.913. The standard InChI is InChI=1S/C16H20N2O5S/c1-16(2,3)23-12(20)5-4-11(14(17)21)18-6-10-9(7-19)8-24-13(10)15(18)22/h7-8,11H,4-6H2,1-3H3,(H2,17,21)/t11-/m0/s1. The second-order valence-electron chi connectivity index (χ2n) is 6.59. The first-order valence-electron chi connectivity index (χ1n) is 7.51. The molecule has 24 heavy (non-hydrogen) atoms. The van der Waals surface area contributed by atoms with Gasteiger partial charge in [-0.25, -0.2) is 0 Å². The van der Waals surface area contributed by atoms with Gasteiger partial charge in [0.2, 0.25) is 5.91 Å². The van der Waals surface area contributed by atoms with Crippen LogP contribution < -0.4 is 5.73 Å². The monoisotopic (exact) mass is 352 g/mol. The Morgan fingerprint density at radius 3 is 2.67 bits per heavy atom. The number of rotatable bonds is 6. The van der Waals surface area contributed by atoms with E-state index in [0.29, 0.717) is 22.3 Å². The summed E-state index contributed by atoms with van der Waals surface area (Å²) < 4.78 is 5.20. The number of fused-ring (bicyclic) bond motifs is 1. The highest BCUT2D eigenvalue weighted by molar-refractivity contribution is 7.12. The molecule has 8 heteroatoms. The lowest BCUT2D eigenvalue weighted by Crippen LogP contribution is -2.45. The van der Waals surface area contributed by atoms with E-state index in [1.807, 2.05) is 0 Å². The number of hydrogen-bond donors (Lipinski definition) is 1. The number of carbonyl (C=O) groups is 4. The summed E-state index contributed by atoms with van der Waals surface area (Å²) in [5.74, 6) is -1.48. The molecule has 7 nitrogen and oxygen atoms in total. The van der Waals surface area contributed by atoms with Gasteiger partial charge < -0.3 is 15.4 Å². The minimum atomic E-state index is -0.913. The highest BCUT2D eigenvalue weighted by Gasteiger charge is 2.38. The number of hydrogen-bond acceptors (Lipinski definition) is 6. The average molecular weight is 352 g/mol. The Hall–Kier alpha value is -2.22. The highest BCUT2D eigenvalue weighted by atomic mass is 32.1. The first-order valence-corrected chi connectivity index (χ1v) is 8.39. The SMILES string of the molecule is CC(C)(C)OC(=O)CC[C@@H](C(N)=O)N1Cc2c(C=O)csc2C1=O. The lowest BCUT2D eigenvalue weighted by Gasteiger charge is -2.26. The normalized spacial score (nSPS) is 15.1. The maximum atomic E-state index is 12.4. The number of carbonyl (C=O) groups excluding carboxylic acids is 4. The fraction of sp³-hybridized carbons (Fsp3) is 0.500. The zero-order valence-corrected chi connectivity index (χ0v) is 14.6. The van der Waals surface area contributed by atoms with Gasteiger partial charge in [-0.1, -0.05) is 0 Å². The van der Waals surface area contributed by atoms with Gasteiger partial charge in [0.1, 0.15) is 11.6 Å². The number of amides is 2. The van der Waals surface area contributed by atoms with Crippen molar-refractivity contribution < 1.29 is 23.9 Å². The number of aldehydes is 1. The molecule has 1 aromatic heterocycles. The fourth-order valence-electron chi connectivity index (χ4n) is 2.56. The van der Waals surface area contributed by atoms with Gasteiger partial charge in [0.25, 0.3) is 5.91 Å². The number of nitrogens with zero attached hydrogens (tertiary/aromatic N) is 1. The van der Waals surface area contributed by atoms with E-state index >= 15 is 0 Å². The van der Waals surface area contributed by atoms with Crippen molar-refractivity contribution in [2.45, 2.75) is 51.8 Å². The molecule has 1 aromatic rings. The quantitative estimate of drug-likeness (QED) is 0.616. The minimum absolute atomic E-state index is 0.0250. The molecule has 2 N–H and O–H groups in total. The zero-order chi connectivity index (χ0) is 18.1. The second-order valence-corrected chi connectivity index (χ2v) is 7.47. The van der Waals surface area contributed by atoms with Crippen molar-refractivity contribution in [2.75, 3.05) is 0 Å². The van der Waals surface area contributed by atoms with Crippen LogP contribution in [0.4, 0.5) is 0 Å². The molecule has 1 aliphatic heterocycles. The van der Waals surface area contributed by atoms with Crippen LogP contribution in [-0.4, -0.2) is 40.6 Å². The third-order valence-corrected chi connectivity index (χ3v) is 4.61. The van der Waals surface area contributed by atoms with Crippen LogP contribution in [0.1, 0.15) is 59.2 Å². The predicted molar refractivity (Wildman–Crippen MR) is 87.6 cm³/mol. The topological polar surface area (TPSA) is 107 Å². The number of thiophene rings is 1. The van der Waals surface area contributed by atoms with E-state index in [-0.39, 0.29) is 25.3 Å². The molecule has 2 rings (SSSR count). The largest absolute Gasteiger partial charge is 0.460 e. The number of nitrogens with two attached hydrogens (primary N) is 1. The molecule has 0 saturated heterocycles. The van der Waals surface area contributed by atoms with Gasteiger partial charge in [0, 0.05) is 29.5 Å². The summed E-state index contributed by atoms with van der Waals surface area (Å²) in [7, 11) is 0. The Balaban J connectivity index is 2.08. The molecule has 1 atom stereocenters. The first kappa shape index (κ1) is 18.1. The van der Waals surface area contributed by atoms with E-state index < -0.39 is 23.5 Å². The Kier molecular flexibility index (Phi) is 5.08. The maximum Gasteiger partial charge on any atom is 0.306 e. The van der Waals surface area contributed by atoms with Crippen LogP contribution in [0.15, 0.2) is 5.38 Å². The van der Waals surface area contributed by atoms with E-state index in [1.54, 1.807) is 26.2 Å². The maximum absolute atomic E-state index is 12.4. The van der Waals surface area contributed by atoms with Gasteiger partial charge >= 0.3 is 5.97 Å². The number of esters is 1. The second kappa shape index (κ2) is 6.72. The van der Waals surface area contributed by atoms with Crippen molar-refractivity contribution in [3.8, 4) is 0 Å². The molecule has 1 aliphatic rings. The van der Waals surface area contributed by atoms with Crippen molar-refractivity contribution in [3.63, 3.8) is 0 Å². The molecule has 130 valence electrons. The fourth-order valence-corrected chi connectivity index (χ4v) is 3.55. The third-order valence-electron chi connectivity index (χ3n) is 3.58. The molecule has 2 heterocycles. The van der Waals surface area contributed by atoms with Gasteiger partial charge in [-0.15, -0.1) is 11.3 Å². The Morgan fingerprint density at radius 2 is 2.12 bits per heavy atom. The summed E-state index contributed by atoms with van der Waals surface area (Å²) in [6.45, 7) is 5.39. The van der Waals surface area contributed by atoms with Crippen LogP contribution in [0.25, 0.3) is 0 Å². The van der Waals surface area contributed by atoms with Gasteiger partial charge in [0.05, 0.1) is 4.88 Å². The van der Waals surface area contributed by atoms with Crippen molar-refractivity contribution in [1.29, 1.82) is 0 Å². The van der Waals surface area contributed by atoms with Crippen LogP contribution in [0.5, 0.6) is 0 Å². The van der Waals surface area contributed by atoms with Crippen molar-refractivity contribution in [3.05, 3.63) is 21.4 Å². The molecule has 0 aliphatic carbocycles. The summed E-state index contributed by atoms with van der Waals surface area (Å²) in [5.41, 5.74) is 5.86. The van der Waals surface area contributed by atoms with E-state index in [2.05, 4.69) is 0 Å². The third kappa shape index (κ3) is 3.81. The molecular formula is C16H20N2O5S. The summed E-state index contributed by atoms with van der Waals surface area (Å²) in [6.07, 6.45) is 0.746. The van der Waals surface area contributed by atoms with Crippen molar-refractivity contribution in [2.24, 2.45) is 5.73 Å². The van der Waals surface area contributed by atoms with Gasteiger partial charge in [-0.3, -0.25) is 19.2 Å². The van der Waals surface area contributed by atoms with Crippen molar-refractivity contribution in [1.82, 2.24) is 4.90 Å². The zero-order valence-electron chi connectivity index (χ0n) is 13.8. The van der Waals surface area contributed by atoms with Crippen LogP contribution in [0, 0.1) is 0 Å². The van der Waals surface area contributed by atoms with Crippen LogP contribution >= 0.6 is 11.3 Å². The van der Waals surface area contributed by atoms with E-state index in [0.717, 1.165) is 0 Å². The van der Waals surface area contributed by atoms with E-state index in [4.69, 9.17) is 10.5 Å². The van der Waals surface area contributed by atoms with Crippen LogP contribution in [0.2, 0.25) is 0 Å². The van der Waals surface area contributed by atoms with Gasteiger partial charge in [-0.05, 0) is 27.2 Å². The average Bonchev–Trinajstić information content (AvgIpc) is 2.98. The number of primary amides is 1. The van der Waals surface area contributed by atoms with Gasteiger partial charge in [0.15, 0.2) is 6.29 Å². The molecular weight excluding hydrogens is 332 g/mol. The number of ether oxygens (including phenoxy) is 1. The summed E-state index contributed by atoms with van der Waals surface area (Å²) in [5, 5.41) is 1.62. The van der Waals surface area contributed by atoms with Crippen LogP contribution in [-0.2, 0) is 20.9 Å². The molecule has 0 bridgehead atoms. The Bertz CT molecular complexity index is 689. The molecule has 0 spiro atoms. The smallest absolute Gasteiger partial charge is 0.306 e. The molecule has 2 amide bonds. The Labute approximate surface area is 143 Å². The van der Waals surface area contributed by atoms with E-state index in [9.17, 15) is 19.2 Å².